The van der Waals surface area contributed by atoms with Crippen molar-refractivity contribution in [1.82, 2.24) is 4.98 Å². The molecule has 2 aromatic rings. The summed E-state index contributed by atoms with van der Waals surface area (Å²) >= 11 is 7.45. The molecule has 108 valence electrons. The number of ether oxygens (including phenoxy) is 2. The van der Waals surface area contributed by atoms with Crippen molar-refractivity contribution >= 4 is 29.3 Å². The maximum absolute atomic E-state index is 11.0. The number of hydrogen-bond donors (Lipinski definition) is 0. The van der Waals surface area contributed by atoms with Gasteiger partial charge in [0.05, 0.1) is 5.97 Å². The molecular formula is C14H9ClNO4S-. The molecule has 0 bridgehead atoms. The molecule has 2 heterocycles. The molecule has 0 saturated carbocycles. The van der Waals surface area contributed by atoms with Crippen molar-refractivity contribution in [2.24, 2.45) is 0 Å². The minimum atomic E-state index is -1.25. The van der Waals surface area contributed by atoms with Crippen molar-refractivity contribution in [3.05, 3.63) is 46.6 Å². The molecule has 0 N–H and O–H groups in total. The molecule has 0 atom stereocenters. The first-order chi connectivity index (χ1) is 10.1. The number of aromatic nitrogens is 1. The number of fused-ring (bicyclic) bond motifs is 1. The van der Waals surface area contributed by atoms with Crippen LogP contribution in [0, 0.1) is 0 Å². The first-order valence-corrected chi connectivity index (χ1v) is 7.38. The summed E-state index contributed by atoms with van der Waals surface area (Å²) in [5, 5.41) is 12.0. The Morgan fingerprint density at radius 2 is 2.14 bits per heavy atom. The van der Waals surface area contributed by atoms with Crippen LogP contribution in [-0.4, -0.2) is 17.7 Å². The van der Waals surface area contributed by atoms with Gasteiger partial charge in [0.15, 0.2) is 11.5 Å². The predicted octanol–water partition coefficient (Wildman–Crippen LogP) is 2.12. The van der Waals surface area contributed by atoms with Gasteiger partial charge in [-0.15, -0.1) is 11.8 Å². The topological polar surface area (TPSA) is 71.5 Å². The van der Waals surface area contributed by atoms with E-state index in [0.29, 0.717) is 27.3 Å². The van der Waals surface area contributed by atoms with Crippen LogP contribution < -0.4 is 14.6 Å². The normalized spacial score (nSPS) is 12.4. The highest BCUT2D eigenvalue weighted by Crippen LogP contribution is 2.38. The molecule has 0 radical (unpaired) electrons. The summed E-state index contributed by atoms with van der Waals surface area (Å²) in [6, 6.07) is 6.51. The van der Waals surface area contributed by atoms with Gasteiger partial charge in [-0.05, 0) is 23.8 Å². The van der Waals surface area contributed by atoms with E-state index in [4.69, 9.17) is 21.1 Å². The number of carboxylic acids is 1. The van der Waals surface area contributed by atoms with Gasteiger partial charge in [0, 0.05) is 28.6 Å². The van der Waals surface area contributed by atoms with Gasteiger partial charge in [-0.3, -0.25) is 0 Å². The minimum Gasteiger partial charge on any atom is -0.545 e. The van der Waals surface area contributed by atoms with E-state index >= 15 is 0 Å². The molecule has 0 saturated heterocycles. The van der Waals surface area contributed by atoms with Gasteiger partial charge < -0.3 is 19.4 Å². The van der Waals surface area contributed by atoms with Crippen molar-refractivity contribution in [2.75, 3.05) is 6.79 Å². The lowest BCUT2D eigenvalue weighted by molar-refractivity contribution is -0.255. The Kier molecular flexibility index (Phi) is 3.90. The third kappa shape index (κ3) is 2.91. The smallest absolute Gasteiger partial charge is 0.231 e. The molecule has 0 unspecified atom stereocenters. The van der Waals surface area contributed by atoms with Gasteiger partial charge in [-0.2, -0.15) is 0 Å². The lowest BCUT2D eigenvalue weighted by atomic mass is 10.2. The zero-order valence-corrected chi connectivity index (χ0v) is 12.2. The van der Waals surface area contributed by atoms with Crippen molar-refractivity contribution in [3.8, 4) is 11.5 Å². The van der Waals surface area contributed by atoms with E-state index in [9.17, 15) is 9.90 Å². The zero-order chi connectivity index (χ0) is 14.8. The van der Waals surface area contributed by atoms with Gasteiger partial charge in [0.25, 0.3) is 0 Å². The van der Waals surface area contributed by atoms with Gasteiger partial charge in [-0.25, -0.2) is 4.98 Å². The number of rotatable bonds is 4. The molecular weight excluding hydrogens is 314 g/mol. The largest absolute Gasteiger partial charge is 0.545 e. The van der Waals surface area contributed by atoms with Crippen molar-refractivity contribution < 1.29 is 19.4 Å². The summed E-state index contributed by atoms with van der Waals surface area (Å²) in [4.78, 5) is 15.1. The minimum absolute atomic E-state index is 0.0689. The second-order valence-corrected chi connectivity index (χ2v) is 5.60. The van der Waals surface area contributed by atoms with Gasteiger partial charge in [-0.1, -0.05) is 11.6 Å². The van der Waals surface area contributed by atoms with E-state index in [1.165, 1.54) is 24.0 Å². The number of hydrogen-bond acceptors (Lipinski definition) is 6. The second kappa shape index (κ2) is 5.83. The molecule has 3 rings (SSSR count). The van der Waals surface area contributed by atoms with Crippen LogP contribution in [0.5, 0.6) is 11.5 Å². The molecule has 1 aromatic heterocycles. The van der Waals surface area contributed by atoms with E-state index in [-0.39, 0.29) is 12.4 Å². The van der Waals surface area contributed by atoms with E-state index in [2.05, 4.69) is 4.98 Å². The van der Waals surface area contributed by atoms with E-state index < -0.39 is 5.97 Å². The third-order valence-electron chi connectivity index (χ3n) is 2.90. The Bertz CT molecular complexity index is 707. The summed E-state index contributed by atoms with van der Waals surface area (Å²) < 4.78 is 10.5. The number of thioether (sulfide) groups is 1. The van der Waals surface area contributed by atoms with Crippen LogP contribution in [0.25, 0.3) is 0 Å². The zero-order valence-electron chi connectivity index (χ0n) is 10.7. The van der Waals surface area contributed by atoms with Crippen molar-refractivity contribution in [2.45, 2.75) is 10.8 Å². The van der Waals surface area contributed by atoms with Crippen molar-refractivity contribution in [3.63, 3.8) is 0 Å². The van der Waals surface area contributed by atoms with Gasteiger partial charge in [0.2, 0.25) is 6.79 Å². The molecule has 0 aliphatic carbocycles. The Hall–Kier alpha value is -1.92. The van der Waals surface area contributed by atoms with Gasteiger partial charge in [0.1, 0.15) is 5.03 Å². The molecule has 0 fully saturated rings. The van der Waals surface area contributed by atoms with Crippen LogP contribution >= 0.6 is 23.4 Å². The molecule has 0 amide bonds. The number of pyridine rings is 1. The van der Waals surface area contributed by atoms with Crippen LogP contribution in [0.1, 0.15) is 15.9 Å². The number of carbonyl (C=O) groups excluding carboxylic acids is 1. The monoisotopic (exact) mass is 322 g/mol. The quantitative estimate of drug-likeness (QED) is 0.803. The lowest BCUT2D eigenvalue weighted by Crippen LogP contribution is -2.23. The molecule has 1 aliphatic heterocycles. The van der Waals surface area contributed by atoms with Gasteiger partial charge >= 0.3 is 0 Å². The number of carbonyl (C=O) groups is 1. The molecule has 5 nitrogen and oxygen atoms in total. The highest BCUT2D eigenvalue weighted by molar-refractivity contribution is 7.98. The summed E-state index contributed by atoms with van der Waals surface area (Å²) in [5.41, 5.74) is 0.889. The fraction of sp³-hybridized carbons (Fsp3) is 0.143. The Balaban J connectivity index is 1.81. The van der Waals surface area contributed by atoms with Crippen molar-refractivity contribution in [1.29, 1.82) is 0 Å². The summed E-state index contributed by atoms with van der Waals surface area (Å²) in [5.74, 6) is 0.466. The Labute approximate surface area is 129 Å². The third-order valence-corrected chi connectivity index (χ3v) is 4.30. The molecule has 1 aliphatic rings. The standard InChI is InChI=1S/C14H10ClNO4S/c15-10-5-12-11(19-7-20-12)4-8(10)6-21-13-9(14(17)18)2-1-3-16-13/h1-5H,6-7H2,(H,17,18)/p-1. The Morgan fingerprint density at radius 1 is 1.38 bits per heavy atom. The SMILES string of the molecule is O=C([O-])c1cccnc1SCc1cc2c(cc1Cl)OCO2. The highest BCUT2D eigenvalue weighted by Gasteiger charge is 2.17. The van der Waals surface area contributed by atoms with Crippen LogP contribution in [0.15, 0.2) is 35.5 Å². The Morgan fingerprint density at radius 3 is 2.90 bits per heavy atom. The number of aromatic carboxylic acids is 1. The number of halogens is 1. The van der Waals surface area contributed by atoms with Crippen LogP contribution in [0.4, 0.5) is 0 Å². The molecule has 0 spiro atoms. The maximum atomic E-state index is 11.0. The number of nitrogens with zero attached hydrogens (tertiary/aromatic N) is 1. The van der Waals surface area contributed by atoms with Crippen LogP contribution in [0.3, 0.4) is 0 Å². The lowest BCUT2D eigenvalue weighted by Gasteiger charge is -2.09. The van der Waals surface area contributed by atoms with E-state index in [0.717, 1.165) is 5.56 Å². The predicted molar refractivity (Wildman–Crippen MR) is 75.7 cm³/mol. The average Bonchev–Trinajstić information content (AvgIpc) is 2.92. The molecule has 1 aromatic carbocycles. The number of carboxylic acid groups (broad SMARTS) is 1. The summed E-state index contributed by atoms with van der Waals surface area (Å²) in [6.07, 6.45) is 1.54. The first kappa shape index (κ1) is 14.0. The average molecular weight is 323 g/mol. The van der Waals surface area contributed by atoms with Crippen LogP contribution in [-0.2, 0) is 5.75 Å². The van der Waals surface area contributed by atoms with E-state index in [1.807, 2.05) is 0 Å². The fourth-order valence-corrected chi connectivity index (χ4v) is 3.15. The maximum Gasteiger partial charge on any atom is 0.231 e. The van der Waals surface area contributed by atoms with E-state index in [1.54, 1.807) is 18.2 Å². The highest BCUT2D eigenvalue weighted by atomic mass is 35.5. The second-order valence-electron chi connectivity index (χ2n) is 4.23. The number of benzene rings is 1. The first-order valence-electron chi connectivity index (χ1n) is 6.02. The molecule has 21 heavy (non-hydrogen) atoms. The summed E-state index contributed by atoms with van der Waals surface area (Å²) in [7, 11) is 0. The molecule has 7 heteroatoms. The summed E-state index contributed by atoms with van der Waals surface area (Å²) in [6.45, 7) is 0.178. The fourth-order valence-electron chi connectivity index (χ4n) is 1.88. The van der Waals surface area contributed by atoms with Crippen LogP contribution in [0.2, 0.25) is 5.02 Å².